The summed E-state index contributed by atoms with van der Waals surface area (Å²) in [5.74, 6) is 2.09. The van der Waals surface area contributed by atoms with Gasteiger partial charge in [-0.3, -0.25) is 9.89 Å². The van der Waals surface area contributed by atoms with E-state index in [2.05, 4.69) is 21.4 Å². The summed E-state index contributed by atoms with van der Waals surface area (Å²) in [4.78, 5) is 11.3. The van der Waals surface area contributed by atoms with Gasteiger partial charge < -0.3 is 11.1 Å². The summed E-state index contributed by atoms with van der Waals surface area (Å²) in [6.45, 7) is 0.410. The number of nitrogens with two attached hydrogens (primary N) is 1. The van der Waals surface area contributed by atoms with Gasteiger partial charge in [-0.25, -0.2) is 0 Å². The summed E-state index contributed by atoms with van der Waals surface area (Å²) in [5, 5.41) is 9.03. The molecule has 14 heavy (non-hydrogen) atoms. The molecule has 1 rings (SSSR count). The first-order chi connectivity index (χ1) is 6.74. The van der Waals surface area contributed by atoms with Gasteiger partial charge in [-0.2, -0.15) is 5.10 Å². The lowest BCUT2D eigenvalue weighted by atomic mass is 10.2. The van der Waals surface area contributed by atoms with Crippen LogP contribution in [0.5, 0.6) is 0 Å². The number of carbonyl (C=O) groups is 1. The number of H-pyrrole nitrogens is 1. The van der Waals surface area contributed by atoms with Crippen LogP contribution in [0.2, 0.25) is 0 Å². The number of nitrogens with one attached hydrogen (secondary N) is 2. The molecule has 5 nitrogen and oxygen atoms in total. The zero-order chi connectivity index (χ0) is 10.4. The fourth-order valence-electron chi connectivity index (χ4n) is 0.914. The number of hydrogen-bond acceptors (Lipinski definition) is 3. The third kappa shape index (κ3) is 2.92. The second kappa shape index (κ2) is 5.04. The van der Waals surface area contributed by atoms with Crippen molar-refractivity contribution in [3.05, 3.63) is 18.0 Å². The van der Waals surface area contributed by atoms with E-state index in [9.17, 15) is 4.79 Å². The second-order valence-corrected chi connectivity index (χ2v) is 2.84. The Morgan fingerprint density at radius 1 is 1.86 bits per heavy atom. The minimum atomic E-state index is -0.632. The summed E-state index contributed by atoms with van der Waals surface area (Å²) in [7, 11) is 0. The molecule has 0 spiro atoms. The maximum Gasteiger partial charge on any atom is 0.238 e. The summed E-state index contributed by atoms with van der Waals surface area (Å²) < 4.78 is 0. The van der Waals surface area contributed by atoms with Gasteiger partial charge >= 0.3 is 0 Å². The molecule has 1 unspecified atom stereocenters. The Morgan fingerprint density at radius 3 is 3.21 bits per heavy atom. The van der Waals surface area contributed by atoms with Crippen LogP contribution < -0.4 is 11.1 Å². The number of terminal acetylenes is 1. The number of aromatic nitrogens is 2. The highest BCUT2D eigenvalue weighted by Crippen LogP contribution is 1.93. The van der Waals surface area contributed by atoms with Crippen molar-refractivity contribution in [2.24, 2.45) is 5.73 Å². The number of carbonyl (C=O) groups excluding carboxylic acids is 1. The van der Waals surface area contributed by atoms with Crippen LogP contribution in [0.1, 0.15) is 12.0 Å². The summed E-state index contributed by atoms with van der Waals surface area (Å²) in [6.07, 6.45) is 8.61. The predicted molar refractivity (Wildman–Crippen MR) is 51.9 cm³/mol. The van der Waals surface area contributed by atoms with E-state index < -0.39 is 6.04 Å². The Balaban J connectivity index is 2.32. The summed E-state index contributed by atoms with van der Waals surface area (Å²) in [6, 6.07) is -0.632. The zero-order valence-electron chi connectivity index (χ0n) is 7.66. The first-order valence-electron chi connectivity index (χ1n) is 4.18. The van der Waals surface area contributed by atoms with Crippen molar-refractivity contribution in [3.8, 4) is 12.3 Å². The summed E-state index contributed by atoms with van der Waals surface area (Å²) >= 11 is 0. The van der Waals surface area contributed by atoms with Gasteiger partial charge in [0.05, 0.1) is 12.2 Å². The fourth-order valence-corrected chi connectivity index (χ4v) is 0.914. The number of rotatable bonds is 4. The van der Waals surface area contributed by atoms with Crippen molar-refractivity contribution in [1.82, 2.24) is 15.5 Å². The number of hydrogen-bond donors (Lipinski definition) is 3. The van der Waals surface area contributed by atoms with E-state index in [-0.39, 0.29) is 12.3 Å². The Labute approximate surface area is 82.1 Å². The second-order valence-electron chi connectivity index (χ2n) is 2.84. The third-order valence-electron chi connectivity index (χ3n) is 1.70. The largest absolute Gasteiger partial charge is 0.351 e. The number of aromatic amines is 1. The van der Waals surface area contributed by atoms with Crippen LogP contribution in [0.4, 0.5) is 0 Å². The van der Waals surface area contributed by atoms with E-state index in [4.69, 9.17) is 12.2 Å². The lowest BCUT2D eigenvalue weighted by Crippen LogP contribution is -2.39. The molecular formula is C9H12N4O. The molecular weight excluding hydrogens is 180 g/mol. The highest BCUT2D eigenvalue weighted by molar-refractivity contribution is 5.81. The van der Waals surface area contributed by atoms with Gasteiger partial charge in [0.1, 0.15) is 0 Å². The molecule has 1 aromatic rings. The molecule has 0 saturated heterocycles. The normalized spacial score (nSPS) is 11.7. The van der Waals surface area contributed by atoms with Gasteiger partial charge in [-0.05, 0) is 0 Å². The van der Waals surface area contributed by atoms with Crippen molar-refractivity contribution in [1.29, 1.82) is 0 Å². The molecule has 1 amide bonds. The Hall–Kier alpha value is -1.80. The molecule has 0 aliphatic rings. The quantitative estimate of drug-likeness (QED) is 0.556. The van der Waals surface area contributed by atoms with Gasteiger partial charge in [0.15, 0.2) is 0 Å². The van der Waals surface area contributed by atoms with Crippen LogP contribution in [0.3, 0.4) is 0 Å². The predicted octanol–water partition coefficient (Wildman–Crippen LogP) is -0.624. The van der Waals surface area contributed by atoms with Gasteiger partial charge in [-0.1, -0.05) is 0 Å². The van der Waals surface area contributed by atoms with Gasteiger partial charge in [0.25, 0.3) is 0 Å². The van der Waals surface area contributed by atoms with Gasteiger partial charge in [0.2, 0.25) is 5.91 Å². The van der Waals surface area contributed by atoms with E-state index in [1.54, 1.807) is 12.4 Å². The van der Waals surface area contributed by atoms with E-state index in [1.165, 1.54) is 0 Å². The third-order valence-corrected chi connectivity index (χ3v) is 1.70. The van der Waals surface area contributed by atoms with Crippen LogP contribution in [-0.4, -0.2) is 22.1 Å². The van der Waals surface area contributed by atoms with Crippen molar-refractivity contribution in [3.63, 3.8) is 0 Å². The van der Waals surface area contributed by atoms with Crippen molar-refractivity contribution >= 4 is 5.91 Å². The molecule has 0 aliphatic carbocycles. The highest BCUT2D eigenvalue weighted by atomic mass is 16.2. The molecule has 74 valence electrons. The maximum absolute atomic E-state index is 11.3. The monoisotopic (exact) mass is 192 g/mol. The topological polar surface area (TPSA) is 83.8 Å². The SMILES string of the molecule is C#CCC(N)C(=O)NCc1cn[nH]c1. The lowest BCUT2D eigenvalue weighted by molar-refractivity contribution is -0.122. The average molecular weight is 192 g/mol. The van der Waals surface area contributed by atoms with E-state index in [1.807, 2.05) is 0 Å². The van der Waals surface area contributed by atoms with Crippen LogP contribution in [0.25, 0.3) is 0 Å². The zero-order valence-corrected chi connectivity index (χ0v) is 7.66. The molecule has 0 fully saturated rings. The average Bonchev–Trinajstić information content (AvgIpc) is 2.67. The first-order valence-corrected chi connectivity index (χ1v) is 4.18. The van der Waals surface area contributed by atoms with Crippen LogP contribution in [-0.2, 0) is 11.3 Å². The Bertz CT molecular complexity index is 325. The van der Waals surface area contributed by atoms with E-state index in [0.717, 1.165) is 5.56 Å². The van der Waals surface area contributed by atoms with Gasteiger partial charge in [0, 0.05) is 24.7 Å². The Morgan fingerprint density at radius 2 is 2.64 bits per heavy atom. The van der Waals surface area contributed by atoms with Crippen molar-refractivity contribution in [2.75, 3.05) is 0 Å². The standard InChI is InChI=1S/C9H12N4O/c1-2-3-8(10)9(14)11-4-7-5-12-13-6-7/h1,5-6,8H,3-4,10H2,(H,11,14)(H,12,13). The maximum atomic E-state index is 11.3. The molecule has 0 aromatic carbocycles. The molecule has 0 bridgehead atoms. The molecule has 1 aromatic heterocycles. The number of amides is 1. The molecule has 1 heterocycles. The van der Waals surface area contributed by atoms with Crippen molar-refractivity contribution < 1.29 is 4.79 Å². The van der Waals surface area contributed by atoms with Crippen molar-refractivity contribution in [2.45, 2.75) is 19.0 Å². The Kier molecular flexibility index (Phi) is 3.70. The van der Waals surface area contributed by atoms with Crippen LogP contribution >= 0.6 is 0 Å². The minimum Gasteiger partial charge on any atom is -0.351 e. The molecule has 0 radical (unpaired) electrons. The van der Waals surface area contributed by atoms with Crippen LogP contribution in [0, 0.1) is 12.3 Å². The smallest absolute Gasteiger partial charge is 0.238 e. The molecule has 1 atom stereocenters. The molecule has 4 N–H and O–H groups in total. The lowest BCUT2D eigenvalue weighted by Gasteiger charge is -2.07. The summed E-state index contributed by atoms with van der Waals surface area (Å²) in [5.41, 5.74) is 6.38. The highest BCUT2D eigenvalue weighted by Gasteiger charge is 2.10. The molecule has 5 heteroatoms. The molecule has 0 saturated carbocycles. The molecule has 0 aliphatic heterocycles. The van der Waals surface area contributed by atoms with E-state index in [0.29, 0.717) is 6.54 Å². The minimum absolute atomic E-state index is 0.246. The first kappa shape index (κ1) is 10.3. The van der Waals surface area contributed by atoms with Gasteiger partial charge in [-0.15, -0.1) is 12.3 Å². The fraction of sp³-hybridized carbons (Fsp3) is 0.333. The number of nitrogens with zero attached hydrogens (tertiary/aromatic N) is 1. The van der Waals surface area contributed by atoms with E-state index >= 15 is 0 Å². The van der Waals surface area contributed by atoms with Crippen LogP contribution in [0.15, 0.2) is 12.4 Å².